The van der Waals surface area contributed by atoms with Crippen LogP contribution in [0, 0.1) is 0 Å². The van der Waals surface area contributed by atoms with Crippen LogP contribution in [0.3, 0.4) is 0 Å². The first-order valence-electron chi connectivity index (χ1n) is 9.83. The van der Waals surface area contributed by atoms with Gasteiger partial charge in [-0.1, -0.05) is 29.8 Å². The normalized spacial score (nSPS) is 11.8. The Morgan fingerprint density at radius 2 is 1.97 bits per heavy atom. The van der Waals surface area contributed by atoms with Gasteiger partial charge in [0.15, 0.2) is 11.6 Å². The number of pyridine rings is 2. The summed E-state index contributed by atoms with van der Waals surface area (Å²) in [5.41, 5.74) is 14.2. The summed E-state index contributed by atoms with van der Waals surface area (Å²) in [4.78, 5) is 30.1. The van der Waals surface area contributed by atoms with Crippen LogP contribution in [0.5, 0.6) is 0 Å². The highest BCUT2D eigenvalue weighted by atomic mass is 35.5. The minimum Gasteiger partial charge on any atom is -0.393 e. The number of nitrogens with two attached hydrogens (primary N) is 2. The molecule has 0 radical (unpaired) electrons. The van der Waals surface area contributed by atoms with Crippen LogP contribution in [0.1, 0.15) is 34.7 Å². The van der Waals surface area contributed by atoms with Crippen molar-refractivity contribution in [3.05, 3.63) is 77.0 Å². The van der Waals surface area contributed by atoms with Crippen molar-refractivity contribution >= 4 is 45.7 Å². The Bertz CT molecular complexity index is 1280. The molecule has 1 amide bonds. The number of carbonyl (C=O) groups excluding carboxylic acids is 1. The van der Waals surface area contributed by atoms with Gasteiger partial charge in [0.2, 0.25) is 0 Å². The van der Waals surface area contributed by atoms with E-state index < -0.39 is 6.04 Å². The molecule has 4 aromatic rings. The zero-order chi connectivity index (χ0) is 22.7. The number of nitrogens with one attached hydrogen (secondary N) is 2. The molecule has 4 rings (SSSR count). The summed E-state index contributed by atoms with van der Waals surface area (Å²) in [7, 11) is 0. The van der Waals surface area contributed by atoms with Crippen LogP contribution >= 0.6 is 11.6 Å². The molecule has 3 heterocycles. The van der Waals surface area contributed by atoms with Gasteiger partial charge in [-0.15, -0.1) is 0 Å². The van der Waals surface area contributed by atoms with Gasteiger partial charge < -0.3 is 22.1 Å². The van der Waals surface area contributed by atoms with Gasteiger partial charge in [-0.05, 0) is 31.2 Å². The van der Waals surface area contributed by atoms with Crippen molar-refractivity contribution < 1.29 is 4.79 Å². The van der Waals surface area contributed by atoms with E-state index in [9.17, 15) is 4.79 Å². The molecule has 0 saturated carbocycles. The predicted octanol–water partition coefficient (Wildman–Crippen LogP) is 3.34. The number of hydrogen-bond donors (Lipinski definition) is 4. The van der Waals surface area contributed by atoms with E-state index >= 15 is 0 Å². The highest BCUT2D eigenvalue weighted by Gasteiger charge is 2.21. The summed E-state index contributed by atoms with van der Waals surface area (Å²) < 4.78 is 0. The van der Waals surface area contributed by atoms with Crippen molar-refractivity contribution in [3.63, 3.8) is 0 Å². The Morgan fingerprint density at radius 3 is 2.75 bits per heavy atom. The highest BCUT2D eigenvalue weighted by molar-refractivity contribution is 6.35. The first-order chi connectivity index (χ1) is 15.4. The van der Waals surface area contributed by atoms with E-state index in [2.05, 4.69) is 25.6 Å². The van der Waals surface area contributed by atoms with Gasteiger partial charge in [-0.3, -0.25) is 9.78 Å². The van der Waals surface area contributed by atoms with Gasteiger partial charge >= 0.3 is 0 Å². The number of benzene rings is 1. The fraction of sp³-hybridized carbons (Fsp3) is 0.136. The quantitative estimate of drug-likeness (QED) is 0.351. The lowest BCUT2D eigenvalue weighted by molar-refractivity contribution is 0.0949. The van der Waals surface area contributed by atoms with Crippen molar-refractivity contribution in [1.29, 1.82) is 0 Å². The molecule has 6 N–H and O–H groups in total. The Kier molecular flexibility index (Phi) is 6.00. The molecule has 162 valence electrons. The van der Waals surface area contributed by atoms with Crippen LogP contribution in [-0.2, 0) is 6.54 Å². The molecule has 10 heteroatoms. The predicted molar refractivity (Wildman–Crippen MR) is 125 cm³/mol. The minimum absolute atomic E-state index is 0.164. The number of hydrogen-bond acceptors (Lipinski definition) is 8. The molecule has 1 atom stereocenters. The van der Waals surface area contributed by atoms with Crippen molar-refractivity contribution in [1.82, 2.24) is 25.3 Å². The maximum Gasteiger partial charge on any atom is 0.253 e. The summed E-state index contributed by atoms with van der Waals surface area (Å²) in [5, 5.41) is 7.31. The summed E-state index contributed by atoms with van der Waals surface area (Å²) >= 11 is 6.36. The van der Waals surface area contributed by atoms with E-state index in [1.165, 1.54) is 6.33 Å². The number of fused-ring (bicyclic) bond motifs is 1. The molecule has 1 aromatic carbocycles. The van der Waals surface area contributed by atoms with E-state index in [0.29, 0.717) is 27.6 Å². The molecule has 0 bridgehead atoms. The van der Waals surface area contributed by atoms with E-state index in [-0.39, 0.29) is 24.0 Å². The molecule has 32 heavy (non-hydrogen) atoms. The van der Waals surface area contributed by atoms with Gasteiger partial charge in [0, 0.05) is 11.6 Å². The second kappa shape index (κ2) is 9.03. The number of nitrogen functional groups attached to an aromatic ring is 2. The van der Waals surface area contributed by atoms with Crippen molar-refractivity contribution in [2.24, 2.45) is 0 Å². The fourth-order valence-electron chi connectivity index (χ4n) is 3.25. The number of halogens is 1. The number of nitrogens with zero attached hydrogens (tertiary/aromatic N) is 4. The third kappa shape index (κ3) is 4.37. The standard InChI is InChI=1S/C22H21ClN8O/c1-12(30-21-17(24)20(25)28-11-29-21)18-15(9-13-5-4-7-16(23)19(13)31-18)22(32)27-10-14-6-2-3-8-26-14/h2-9,11-12H,10,24H2,1H3,(H,27,32)(H3,25,28,29,30)/t12-/m0/s1. The van der Waals surface area contributed by atoms with E-state index in [0.717, 1.165) is 11.1 Å². The second-order valence-corrected chi connectivity index (χ2v) is 7.53. The number of anilines is 3. The lowest BCUT2D eigenvalue weighted by Crippen LogP contribution is -2.26. The van der Waals surface area contributed by atoms with E-state index in [1.54, 1.807) is 18.3 Å². The molecule has 0 aliphatic carbocycles. The summed E-state index contributed by atoms with van der Waals surface area (Å²) in [6.07, 6.45) is 2.99. The molecule has 0 saturated heterocycles. The molecule has 0 fully saturated rings. The maximum absolute atomic E-state index is 13.1. The van der Waals surface area contributed by atoms with E-state index in [4.69, 9.17) is 28.1 Å². The smallest absolute Gasteiger partial charge is 0.253 e. The van der Waals surface area contributed by atoms with Gasteiger partial charge in [0.25, 0.3) is 5.91 Å². The third-order valence-electron chi connectivity index (χ3n) is 4.90. The molecule has 3 aromatic heterocycles. The molecular formula is C22H21ClN8O. The number of para-hydroxylation sites is 1. The fourth-order valence-corrected chi connectivity index (χ4v) is 3.48. The van der Waals surface area contributed by atoms with Gasteiger partial charge in [0.05, 0.1) is 40.1 Å². The Labute approximate surface area is 189 Å². The average molecular weight is 449 g/mol. The van der Waals surface area contributed by atoms with Gasteiger partial charge in [-0.2, -0.15) is 0 Å². The molecule has 9 nitrogen and oxygen atoms in total. The average Bonchev–Trinajstić information content (AvgIpc) is 2.80. The van der Waals surface area contributed by atoms with Crippen LogP contribution in [0.4, 0.5) is 17.3 Å². The van der Waals surface area contributed by atoms with Crippen molar-refractivity contribution in [2.75, 3.05) is 16.8 Å². The Balaban J connectivity index is 1.71. The van der Waals surface area contributed by atoms with Crippen LogP contribution in [0.25, 0.3) is 10.9 Å². The number of carbonyl (C=O) groups is 1. The number of amides is 1. The first kappa shape index (κ1) is 21.3. The zero-order valence-electron chi connectivity index (χ0n) is 17.2. The molecule has 0 aliphatic rings. The lowest BCUT2D eigenvalue weighted by Gasteiger charge is -2.19. The van der Waals surface area contributed by atoms with Crippen LogP contribution in [0.2, 0.25) is 5.02 Å². The van der Waals surface area contributed by atoms with Crippen LogP contribution < -0.4 is 22.1 Å². The molecule has 0 spiro atoms. The molecule has 0 unspecified atom stereocenters. The molecule has 0 aliphatic heterocycles. The van der Waals surface area contributed by atoms with Crippen LogP contribution in [0.15, 0.2) is 55.0 Å². The summed E-state index contributed by atoms with van der Waals surface area (Å²) in [5.74, 6) is 0.229. The third-order valence-corrected chi connectivity index (χ3v) is 5.21. The monoisotopic (exact) mass is 448 g/mol. The zero-order valence-corrected chi connectivity index (χ0v) is 18.0. The van der Waals surface area contributed by atoms with E-state index in [1.807, 2.05) is 37.3 Å². The van der Waals surface area contributed by atoms with Gasteiger partial charge in [-0.25, -0.2) is 15.0 Å². The van der Waals surface area contributed by atoms with Crippen LogP contribution in [-0.4, -0.2) is 25.8 Å². The van der Waals surface area contributed by atoms with Crippen molar-refractivity contribution in [3.8, 4) is 0 Å². The Morgan fingerprint density at radius 1 is 1.12 bits per heavy atom. The first-order valence-corrected chi connectivity index (χ1v) is 10.2. The summed E-state index contributed by atoms with van der Waals surface area (Å²) in [6, 6.07) is 12.3. The lowest BCUT2D eigenvalue weighted by atomic mass is 10.0. The topological polar surface area (TPSA) is 145 Å². The maximum atomic E-state index is 13.1. The minimum atomic E-state index is -0.442. The van der Waals surface area contributed by atoms with Gasteiger partial charge in [0.1, 0.15) is 12.0 Å². The number of rotatable bonds is 6. The largest absolute Gasteiger partial charge is 0.393 e. The highest BCUT2D eigenvalue weighted by Crippen LogP contribution is 2.29. The van der Waals surface area contributed by atoms with Crippen molar-refractivity contribution in [2.45, 2.75) is 19.5 Å². The SMILES string of the molecule is C[C@H](Nc1ncnc(N)c1N)c1nc2c(Cl)cccc2cc1C(=O)NCc1ccccn1. The Hall–Kier alpha value is -3.98. The summed E-state index contributed by atoms with van der Waals surface area (Å²) in [6.45, 7) is 2.13. The number of aromatic nitrogens is 4. The molecular weight excluding hydrogens is 428 g/mol. The second-order valence-electron chi connectivity index (χ2n) is 7.12.